The SMILES string of the molecule is CNc1cc(-n2cc(C)cn2)nc(N)n1. The highest BCUT2D eigenvalue weighted by Gasteiger charge is 2.03. The molecule has 0 fully saturated rings. The Hall–Kier alpha value is -2.11. The topological polar surface area (TPSA) is 81.7 Å². The summed E-state index contributed by atoms with van der Waals surface area (Å²) >= 11 is 0. The van der Waals surface area contributed by atoms with Gasteiger partial charge in [-0.2, -0.15) is 15.1 Å². The molecule has 2 aromatic rings. The molecule has 6 heteroatoms. The summed E-state index contributed by atoms with van der Waals surface area (Å²) in [7, 11) is 1.78. The van der Waals surface area contributed by atoms with Crippen LogP contribution in [0.2, 0.25) is 0 Å². The second-order valence-corrected chi connectivity index (χ2v) is 3.18. The highest BCUT2D eigenvalue weighted by atomic mass is 15.3. The molecule has 0 amide bonds. The maximum absolute atomic E-state index is 5.58. The Balaban J connectivity index is 2.48. The van der Waals surface area contributed by atoms with Gasteiger partial charge in [-0.25, -0.2) is 4.68 Å². The van der Waals surface area contributed by atoms with Crippen LogP contribution < -0.4 is 11.1 Å². The summed E-state index contributed by atoms with van der Waals surface area (Å²) in [5, 5.41) is 7.06. The van der Waals surface area contributed by atoms with Crippen LogP contribution in [0.25, 0.3) is 5.82 Å². The molecule has 2 aromatic heterocycles. The van der Waals surface area contributed by atoms with Crippen LogP contribution in [0, 0.1) is 6.92 Å². The quantitative estimate of drug-likeness (QED) is 0.748. The summed E-state index contributed by atoms with van der Waals surface area (Å²) in [5.74, 6) is 1.55. The van der Waals surface area contributed by atoms with Crippen molar-refractivity contribution >= 4 is 11.8 Å². The minimum absolute atomic E-state index is 0.227. The van der Waals surface area contributed by atoms with E-state index in [0.717, 1.165) is 5.56 Å². The fourth-order valence-corrected chi connectivity index (χ4v) is 1.24. The van der Waals surface area contributed by atoms with E-state index in [1.165, 1.54) is 0 Å². The number of nitrogens with zero attached hydrogens (tertiary/aromatic N) is 4. The molecule has 0 spiro atoms. The third kappa shape index (κ3) is 1.88. The Labute approximate surface area is 87.2 Å². The van der Waals surface area contributed by atoms with E-state index in [9.17, 15) is 0 Å². The van der Waals surface area contributed by atoms with Gasteiger partial charge in [0.2, 0.25) is 5.95 Å². The standard InChI is InChI=1S/C9H12N6/c1-6-4-12-15(5-6)8-3-7(11-2)13-9(10)14-8/h3-5H,1-2H3,(H3,10,11,13,14). The monoisotopic (exact) mass is 204 g/mol. The highest BCUT2D eigenvalue weighted by Crippen LogP contribution is 2.11. The fourth-order valence-electron chi connectivity index (χ4n) is 1.24. The summed E-state index contributed by atoms with van der Waals surface area (Å²) in [4.78, 5) is 8.09. The van der Waals surface area contributed by atoms with Gasteiger partial charge in [0.15, 0.2) is 5.82 Å². The van der Waals surface area contributed by atoms with Gasteiger partial charge in [0, 0.05) is 19.3 Å². The zero-order valence-corrected chi connectivity index (χ0v) is 8.60. The lowest BCUT2D eigenvalue weighted by Crippen LogP contribution is -2.05. The maximum Gasteiger partial charge on any atom is 0.224 e. The van der Waals surface area contributed by atoms with E-state index in [2.05, 4.69) is 20.4 Å². The first-order chi connectivity index (χ1) is 7.19. The van der Waals surface area contributed by atoms with Gasteiger partial charge in [-0.15, -0.1) is 0 Å². The second-order valence-electron chi connectivity index (χ2n) is 3.18. The first-order valence-corrected chi connectivity index (χ1v) is 4.53. The van der Waals surface area contributed by atoms with Crippen molar-refractivity contribution in [2.24, 2.45) is 0 Å². The summed E-state index contributed by atoms with van der Waals surface area (Å²) in [5.41, 5.74) is 6.64. The van der Waals surface area contributed by atoms with E-state index in [-0.39, 0.29) is 5.95 Å². The van der Waals surface area contributed by atoms with Crippen LogP contribution in [-0.2, 0) is 0 Å². The Bertz CT molecular complexity index is 475. The zero-order chi connectivity index (χ0) is 10.8. The van der Waals surface area contributed by atoms with Crippen molar-refractivity contribution in [2.45, 2.75) is 6.92 Å². The molecule has 0 unspecified atom stereocenters. The van der Waals surface area contributed by atoms with Gasteiger partial charge in [-0.05, 0) is 12.5 Å². The molecule has 0 saturated heterocycles. The zero-order valence-electron chi connectivity index (χ0n) is 8.60. The second kappa shape index (κ2) is 3.56. The Kier molecular flexibility index (Phi) is 2.24. The van der Waals surface area contributed by atoms with Crippen molar-refractivity contribution in [1.29, 1.82) is 0 Å². The van der Waals surface area contributed by atoms with Crippen molar-refractivity contribution < 1.29 is 0 Å². The smallest absolute Gasteiger partial charge is 0.224 e. The molecule has 2 rings (SSSR count). The average molecular weight is 204 g/mol. The Morgan fingerprint density at radius 2 is 2.20 bits per heavy atom. The largest absolute Gasteiger partial charge is 0.373 e. The van der Waals surface area contributed by atoms with Gasteiger partial charge in [-0.1, -0.05) is 0 Å². The molecule has 3 N–H and O–H groups in total. The van der Waals surface area contributed by atoms with Crippen LogP contribution in [0.5, 0.6) is 0 Å². The number of hydrogen-bond donors (Lipinski definition) is 2. The lowest BCUT2D eigenvalue weighted by Gasteiger charge is -2.04. The predicted molar refractivity (Wildman–Crippen MR) is 57.9 cm³/mol. The molecular formula is C9H12N6. The molecule has 0 saturated carbocycles. The van der Waals surface area contributed by atoms with E-state index in [1.807, 2.05) is 13.1 Å². The molecule has 78 valence electrons. The summed E-state index contributed by atoms with van der Waals surface area (Å²) < 4.78 is 1.66. The molecule has 0 bridgehead atoms. The van der Waals surface area contributed by atoms with Crippen molar-refractivity contribution in [2.75, 3.05) is 18.1 Å². The van der Waals surface area contributed by atoms with E-state index in [0.29, 0.717) is 11.6 Å². The lowest BCUT2D eigenvalue weighted by molar-refractivity contribution is 0.843. The van der Waals surface area contributed by atoms with Gasteiger partial charge in [0.1, 0.15) is 5.82 Å². The van der Waals surface area contributed by atoms with E-state index in [1.54, 1.807) is 24.0 Å². The maximum atomic E-state index is 5.58. The predicted octanol–water partition coefficient (Wildman–Crippen LogP) is 0.595. The van der Waals surface area contributed by atoms with Crippen LogP contribution in [-0.4, -0.2) is 26.8 Å². The van der Waals surface area contributed by atoms with Crippen molar-refractivity contribution in [3.8, 4) is 5.82 Å². The number of nitrogens with one attached hydrogen (secondary N) is 1. The first kappa shape index (κ1) is 9.45. The summed E-state index contributed by atoms with van der Waals surface area (Å²) in [6, 6.07) is 1.78. The number of nitrogen functional groups attached to an aromatic ring is 1. The number of aryl methyl sites for hydroxylation is 1. The summed E-state index contributed by atoms with van der Waals surface area (Å²) in [6.45, 7) is 1.97. The molecular weight excluding hydrogens is 192 g/mol. The van der Waals surface area contributed by atoms with Gasteiger partial charge in [0.25, 0.3) is 0 Å². The van der Waals surface area contributed by atoms with Crippen molar-refractivity contribution in [1.82, 2.24) is 19.7 Å². The Morgan fingerprint density at radius 1 is 1.40 bits per heavy atom. The van der Waals surface area contributed by atoms with Crippen LogP contribution in [0.3, 0.4) is 0 Å². The molecule has 0 aliphatic heterocycles. The van der Waals surface area contributed by atoms with Crippen LogP contribution >= 0.6 is 0 Å². The van der Waals surface area contributed by atoms with E-state index in [4.69, 9.17) is 5.73 Å². The lowest BCUT2D eigenvalue weighted by atomic mass is 10.4. The van der Waals surface area contributed by atoms with Crippen molar-refractivity contribution in [3.05, 3.63) is 24.0 Å². The van der Waals surface area contributed by atoms with Gasteiger partial charge in [0.05, 0.1) is 6.20 Å². The third-order valence-corrected chi connectivity index (χ3v) is 1.93. The fraction of sp³-hybridized carbons (Fsp3) is 0.222. The molecule has 0 aliphatic rings. The van der Waals surface area contributed by atoms with Gasteiger partial charge < -0.3 is 11.1 Å². The first-order valence-electron chi connectivity index (χ1n) is 4.53. The molecule has 15 heavy (non-hydrogen) atoms. The highest BCUT2D eigenvalue weighted by molar-refractivity contribution is 5.44. The van der Waals surface area contributed by atoms with Gasteiger partial charge in [-0.3, -0.25) is 0 Å². The molecule has 2 heterocycles. The number of hydrogen-bond acceptors (Lipinski definition) is 5. The number of rotatable bonds is 2. The van der Waals surface area contributed by atoms with Crippen LogP contribution in [0.4, 0.5) is 11.8 Å². The molecule has 6 nitrogen and oxygen atoms in total. The third-order valence-electron chi connectivity index (χ3n) is 1.93. The molecule has 0 radical (unpaired) electrons. The van der Waals surface area contributed by atoms with Gasteiger partial charge >= 0.3 is 0 Å². The van der Waals surface area contributed by atoms with Crippen molar-refractivity contribution in [3.63, 3.8) is 0 Å². The number of aromatic nitrogens is 4. The minimum atomic E-state index is 0.227. The Morgan fingerprint density at radius 3 is 2.80 bits per heavy atom. The molecule has 0 atom stereocenters. The molecule has 0 aliphatic carbocycles. The average Bonchev–Trinajstić information content (AvgIpc) is 2.64. The normalized spacial score (nSPS) is 10.3. The van der Waals surface area contributed by atoms with E-state index < -0.39 is 0 Å². The van der Waals surface area contributed by atoms with E-state index >= 15 is 0 Å². The summed E-state index contributed by atoms with van der Waals surface area (Å²) in [6.07, 6.45) is 3.64. The minimum Gasteiger partial charge on any atom is -0.373 e. The van der Waals surface area contributed by atoms with Crippen LogP contribution in [0.1, 0.15) is 5.56 Å². The number of nitrogens with two attached hydrogens (primary N) is 1. The molecule has 0 aromatic carbocycles. The van der Waals surface area contributed by atoms with Crippen LogP contribution in [0.15, 0.2) is 18.5 Å². The number of anilines is 2.